The van der Waals surface area contributed by atoms with E-state index in [0.717, 1.165) is 0 Å². The Kier molecular flexibility index (Phi) is 5.22. The molecule has 126 valence electrons. The molecule has 6 heteroatoms. The van der Waals surface area contributed by atoms with Crippen molar-refractivity contribution >= 4 is 40.9 Å². The first-order valence-corrected chi connectivity index (χ1v) is 8.07. The van der Waals surface area contributed by atoms with Gasteiger partial charge >= 0.3 is 0 Å². The number of hydrogen-bond donors (Lipinski definition) is 1. The molecule has 0 aliphatic rings. The van der Waals surface area contributed by atoms with E-state index in [2.05, 4.69) is 5.32 Å². The Morgan fingerprint density at radius 1 is 1.08 bits per heavy atom. The molecule has 0 spiro atoms. The Labute approximate surface area is 153 Å². The highest BCUT2D eigenvalue weighted by molar-refractivity contribution is 6.43. The number of anilines is 1. The van der Waals surface area contributed by atoms with Crippen molar-refractivity contribution in [2.24, 2.45) is 0 Å². The summed E-state index contributed by atoms with van der Waals surface area (Å²) in [7, 11) is 0. The fourth-order valence-electron chi connectivity index (χ4n) is 2.19. The summed E-state index contributed by atoms with van der Waals surface area (Å²) in [5, 5.41) is 3.40. The molecule has 0 fully saturated rings. The molecule has 3 rings (SSSR count). The lowest BCUT2D eigenvalue weighted by Gasteiger charge is -2.02. The zero-order valence-corrected chi connectivity index (χ0v) is 14.3. The zero-order valence-electron chi connectivity index (χ0n) is 12.8. The molecule has 0 saturated carbocycles. The van der Waals surface area contributed by atoms with E-state index in [4.69, 9.17) is 27.6 Å². The number of benzene rings is 2. The van der Waals surface area contributed by atoms with Crippen molar-refractivity contribution in [2.75, 3.05) is 5.32 Å². The summed E-state index contributed by atoms with van der Waals surface area (Å²) in [4.78, 5) is 11.9. The second-order valence-electron chi connectivity index (χ2n) is 5.14. The number of halogens is 3. The molecule has 25 heavy (non-hydrogen) atoms. The molecular weight excluding hydrogens is 364 g/mol. The first-order valence-electron chi connectivity index (χ1n) is 7.32. The van der Waals surface area contributed by atoms with E-state index in [9.17, 15) is 9.18 Å². The van der Waals surface area contributed by atoms with E-state index < -0.39 is 11.7 Å². The number of amides is 1. The van der Waals surface area contributed by atoms with E-state index >= 15 is 0 Å². The van der Waals surface area contributed by atoms with Crippen LogP contribution in [-0.4, -0.2) is 5.91 Å². The van der Waals surface area contributed by atoms with Gasteiger partial charge in [-0.1, -0.05) is 35.3 Å². The van der Waals surface area contributed by atoms with Gasteiger partial charge in [0.1, 0.15) is 17.3 Å². The molecule has 0 unspecified atom stereocenters. The van der Waals surface area contributed by atoms with Crippen molar-refractivity contribution in [3.8, 4) is 11.3 Å². The van der Waals surface area contributed by atoms with Gasteiger partial charge in [0.25, 0.3) is 0 Å². The van der Waals surface area contributed by atoms with Crippen LogP contribution in [0.5, 0.6) is 0 Å². The number of carbonyl (C=O) groups excluding carboxylic acids is 1. The summed E-state index contributed by atoms with van der Waals surface area (Å²) in [6.07, 6.45) is 2.81. The van der Waals surface area contributed by atoms with Crippen molar-refractivity contribution in [2.45, 2.75) is 0 Å². The molecule has 0 aliphatic carbocycles. The van der Waals surface area contributed by atoms with E-state index in [1.54, 1.807) is 36.4 Å². The molecule has 1 heterocycles. The van der Waals surface area contributed by atoms with Gasteiger partial charge < -0.3 is 9.73 Å². The molecule has 2 aromatic carbocycles. The fraction of sp³-hybridized carbons (Fsp3) is 0. The Morgan fingerprint density at radius 2 is 1.88 bits per heavy atom. The van der Waals surface area contributed by atoms with Crippen LogP contribution < -0.4 is 5.32 Å². The molecule has 1 aromatic heterocycles. The number of hydrogen-bond acceptors (Lipinski definition) is 2. The normalized spacial score (nSPS) is 11.0. The van der Waals surface area contributed by atoms with Gasteiger partial charge in [-0.05, 0) is 48.5 Å². The monoisotopic (exact) mass is 375 g/mol. The number of rotatable bonds is 4. The third-order valence-electron chi connectivity index (χ3n) is 3.33. The Bertz CT molecular complexity index is 950. The minimum atomic E-state index is -0.421. The second-order valence-corrected chi connectivity index (χ2v) is 5.92. The highest BCUT2D eigenvalue weighted by atomic mass is 35.5. The molecule has 3 nitrogen and oxygen atoms in total. The highest BCUT2D eigenvalue weighted by Crippen LogP contribution is 2.34. The number of furan rings is 1. The summed E-state index contributed by atoms with van der Waals surface area (Å²) in [5.74, 6) is 0.193. The lowest BCUT2D eigenvalue weighted by Crippen LogP contribution is -2.07. The third kappa shape index (κ3) is 4.29. The number of nitrogens with one attached hydrogen (secondary N) is 1. The average molecular weight is 376 g/mol. The van der Waals surface area contributed by atoms with Crippen LogP contribution in [0.1, 0.15) is 5.76 Å². The van der Waals surface area contributed by atoms with E-state index in [0.29, 0.717) is 32.8 Å². The standard InChI is InChI=1S/C19H12Cl2FNO2/c20-16-6-2-5-15(19(16)21)17-9-7-14(25-17)8-10-18(24)23-13-4-1-3-12(22)11-13/h1-11H,(H,23,24). The summed E-state index contributed by atoms with van der Waals surface area (Å²) in [6, 6.07) is 14.3. The maximum absolute atomic E-state index is 13.1. The minimum absolute atomic E-state index is 0.375. The highest BCUT2D eigenvalue weighted by Gasteiger charge is 2.10. The quantitative estimate of drug-likeness (QED) is 0.564. The predicted octanol–water partition coefficient (Wildman–Crippen LogP) is 6.04. The smallest absolute Gasteiger partial charge is 0.248 e. The van der Waals surface area contributed by atoms with Crippen LogP contribution in [-0.2, 0) is 4.79 Å². The van der Waals surface area contributed by atoms with Crippen molar-refractivity contribution in [1.29, 1.82) is 0 Å². The van der Waals surface area contributed by atoms with Gasteiger partial charge in [0.05, 0.1) is 10.0 Å². The van der Waals surface area contributed by atoms with Crippen molar-refractivity contribution in [3.63, 3.8) is 0 Å². The van der Waals surface area contributed by atoms with Gasteiger partial charge in [0.15, 0.2) is 0 Å². The lowest BCUT2D eigenvalue weighted by molar-refractivity contribution is -0.111. The van der Waals surface area contributed by atoms with Crippen molar-refractivity contribution < 1.29 is 13.6 Å². The first kappa shape index (κ1) is 17.3. The van der Waals surface area contributed by atoms with E-state index in [1.165, 1.54) is 30.4 Å². The predicted molar refractivity (Wildman–Crippen MR) is 98.2 cm³/mol. The van der Waals surface area contributed by atoms with E-state index in [-0.39, 0.29) is 0 Å². The van der Waals surface area contributed by atoms with E-state index in [1.807, 2.05) is 0 Å². The average Bonchev–Trinajstić information content (AvgIpc) is 3.04. The second kappa shape index (κ2) is 7.55. The van der Waals surface area contributed by atoms with Crippen molar-refractivity contribution in [3.05, 3.63) is 82.3 Å². The minimum Gasteiger partial charge on any atom is -0.457 e. The number of carbonyl (C=O) groups is 1. The van der Waals surface area contributed by atoms with Crippen LogP contribution in [0.25, 0.3) is 17.4 Å². The van der Waals surface area contributed by atoms with Crippen LogP contribution in [0.4, 0.5) is 10.1 Å². The van der Waals surface area contributed by atoms with Gasteiger partial charge in [-0.2, -0.15) is 0 Å². The molecule has 1 N–H and O–H groups in total. The van der Waals surface area contributed by atoms with Gasteiger partial charge in [-0.15, -0.1) is 0 Å². The molecule has 0 saturated heterocycles. The summed E-state index contributed by atoms with van der Waals surface area (Å²) >= 11 is 12.2. The molecule has 3 aromatic rings. The topological polar surface area (TPSA) is 42.2 Å². The Hall–Kier alpha value is -2.56. The van der Waals surface area contributed by atoms with Crippen molar-refractivity contribution in [1.82, 2.24) is 0 Å². The van der Waals surface area contributed by atoms with Crippen LogP contribution in [0.3, 0.4) is 0 Å². The molecular formula is C19H12Cl2FNO2. The maximum Gasteiger partial charge on any atom is 0.248 e. The van der Waals surface area contributed by atoms with Crippen LogP contribution in [0.2, 0.25) is 10.0 Å². The largest absolute Gasteiger partial charge is 0.457 e. The summed E-state index contributed by atoms with van der Waals surface area (Å²) in [5.41, 5.74) is 1.04. The Balaban J connectivity index is 1.71. The van der Waals surface area contributed by atoms with Crippen LogP contribution in [0, 0.1) is 5.82 Å². The van der Waals surface area contributed by atoms with Gasteiger partial charge in [-0.3, -0.25) is 4.79 Å². The molecule has 0 radical (unpaired) electrons. The lowest BCUT2D eigenvalue weighted by atomic mass is 10.2. The maximum atomic E-state index is 13.1. The molecule has 0 atom stereocenters. The van der Waals surface area contributed by atoms with Crippen LogP contribution in [0.15, 0.2) is 65.1 Å². The van der Waals surface area contributed by atoms with Gasteiger partial charge in [-0.25, -0.2) is 4.39 Å². The third-order valence-corrected chi connectivity index (χ3v) is 4.15. The fourth-order valence-corrected chi connectivity index (χ4v) is 2.58. The summed E-state index contributed by atoms with van der Waals surface area (Å²) in [6.45, 7) is 0. The summed E-state index contributed by atoms with van der Waals surface area (Å²) < 4.78 is 18.7. The molecule has 1 amide bonds. The Morgan fingerprint density at radius 3 is 2.68 bits per heavy atom. The van der Waals surface area contributed by atoms with Gasteiger partial charge in [0, 0.05) is 17.3 Å². The zero-order chi connectivity index (χ0) is 17.8. The van der Waals surface area contributed by atoms with Crippen LogP contribution >= 0.6 is 23.2 Å². The van der Waals surface area contributed by atoms with Gasteiger partial charge in [0.2, 0.25) is 5.91 Å². The molecule has 0 aliphatic heterocycles. The first-order chi connectivity index (χ1) is 12.0. The SMILES string of the molecule is O=C(C=Cc1ccc(-c2cccc(Cl)c2Cl)o1)Nc1cccc(F)c1. The molecule has 0 bridgehead atoms.